The van der Waals surface area contributed by atoms with Gasteiger partial charge in [0.1, 0.15) is 0 Å². The number of hydrogen-bond acceptors (Lipinski definition) is 5. The first kappa shape index (κ1) is 19.7. The number of piperidine rings is 1. The molecule has 142 valence electrons. The Morgan fingerprint density at radius 1 is 0.852 bits per heavy atom. The summed E-state index contributed by atoms with van der Waals surface area (Å²) in [5, 5.41) is 4.64. The first-order valence-electron chi connectivity index (χ1n) is 8.65. The van der Waals surface area contributed by atoms with Crippen molar-refractivity contribution >= 4 is 11.0 Å². The van der Waals surface area contributed by atoms with Crippen molar-refractivity contribution in [2.45, 2.75) is 18.8 Å². The molecule has 1 N–H and O–H groups in total. The highest BCUT2D eigenvalue weighted by molar-refractivity contribution is 5.80. The summed E-state index contributed by atoms with van der Waals surface area (Å²) in [5.74, 6) is 1.61. The molecule has 1 aliphatic rings. The summed E-state index contributed by atoms with van der Waals surface area (Å²) in [5.41, 5.74) is 3.48. The zero-order chi connectivity index (χ0) is 19.3. The highest BCUT2D eigenvalue weighted by Gasteiger charge is 2.28. The first-order valence-corrected chi connectivity index (χ1v) is 9.89. The Labute approximate surface area is 159 Å². The molecule has 1 saturated heterocycles. The van der Waals surface area contributed by atoms with Crippen LogP contribution in [0.3, 0.4) is 0 Å². The second kappa shape index (κ2) is 8.75. The summed E-state index contributed by atoms with van der Waals surface area (Å²) >= 11 is 0. The Bertz CT molecular complexity index is 870. The van der Waals surface area contributed by atoms with Gasteiger partial charge in [-0.15, -0.1) is 10.2 Å². The molecule has 7 heteroatoms. The molecule has 0 spiro atoms. The zero-order valence-electron chi connectivity index (χ0n) is 14.6. The topological polar surface area (TPSA) is 116 Å². The van der Waals surface area contributed by atoms with Crippen molar-refractivity contribution in [3.05, 3.63) is 66.2 Å². The molecule has 0 radical (unpaired) electrons. The van der Waals surface area contributed by atoms with Crippen molar-refractivity contribution < 1.29 is 33.3 Å². The van der Waals surface area contributed by atoms with Crippen molar-refractivity contribution in [2.24, 2.45) is 0 Å². The van der Waals surface area contributed by atoms with Gasteiger partial charge in [-0.3, -0.25) is 0 Å². The molecule has 0 amide bonds. The second-order valence-corrected chi connectivity index (χ2v) is 7.09. The summed E-state index contributed by atoms with van der Waals surface area (Å²) in [4.78, 5) is 0. The lowest BCUT2D eigenvalue weighted by Crippen LogP contribution is -2.68. The molecule has 1 fully saturated rings. The maximum absolute atomic E-state index is 8.49. The van der Waals surface area contributed by atoms with E-state index in [1.54, 1.807) is 0 Å². The Morgan fingerprint density at radius 3 is 2.11 bits per heavy atom. The van der Waals surface area contributed by atoms with Gasteiger partial charge in [0.15, 0.2) is 0 Å². The van der Waals surface area contributed by atoms with Gasteiger partial charge in [0, 0.05) is 6.07 Å². The van der Waals surface area contributed by atoms with Gasteiger partial charge in [-0.1, -0.05) is 30.3 Å². The van der Waals surface area contributed by atoms with Crippen molar-refractivity contribution in [2.75, 3.05) is 13.1 Å². The quantitative estimate of drug-likeness (QED) is 0.621. The van der Waals surface area contributed by atoms with Gasteiger partial charge in [-0.05, 0) is 56.1 Å². The molecule has 4 rings (SSSR count). The van der Waals surface area contributed by atoms with E-state index in [2.05, 4.69) is 53.8 Å². The van der Waals surface area contributed by atoms with Gasteiger partial charge >= 0.3 is 11.3 Å². The van der Waals surface area contributed by atoms with E-state index in [1.807, 2.05) is 12.1 Å². The van der Waals surface area contributed by atoms with E-state index in [-0.39, 0.29) is 0 Å². The molecule has 3 aromatic rings. The third-order valence-corrected chi connectivity index (χ3v) is 4.52. The van der Waals surface area contributed by atoms with Crippen LogP contribution in [0.5, 0.6) is 0 Å². The number of halogens is 1. The third kappa shape index (κ3) is 5.71. The largest absolute Gasteiger partial charge is 0.364 e. The molecule has 27 heavy (non-hydrogen) atoms. The summed E-state index contributed by atoms with van der Waals surface area (Å²) in [6, 6.07) is 21.1. The second-order valence-electron chi connectivity index (χ2n) is 6.34. The van der Waals surface area contributed by atoms with Crippen LogP contribution in [0.4, 0.5) is 0 Å². The fraction of sp³-hybridized carbons (Fsp3) is 0.250. The number of rotatable bonds is 2. The fourth-order valence-electron chi connectivity index (χ4n) is 3.35. The van der Waals surface area contributed by atoms with E-state index in [9.17, 15) is 0 Å². The smallest absolute Gasteiger partial charge is 0.317 e. The van der Waals surface area contributed by atoms with Crippen molar-refractivity contribution in [3.63, 3.8) is 0 Å². The van der Waals surface area contributed by atoms with Gasteiger partial charge in [-0.25, -0.2) is 23.1 Å². The minimum absolute atomic E-state index is 0.574. The maximum atomic E-state index is 8.49. The van der Waals surface area contributed by atoms with E-state index in [0.29, 0.717) is 5.92 Å². The Kier molecular flexibility index (Phi) is 6.38. The summed E-state index contributed by atoms with van der Waals surface area (Å²) in [7, 11) is -4.94. The molecule has 6 nitrogen and oxygen atoms in total. The Balaban J connectivity index is 0.000000376. The zero-order valence-corrected chi connectivity index (χ0v) is 15.4. The van der Waals surface area contributed by atoms with Crippen LogP contribution in [0.15, 0.2) is 65.1 Å². The maximum Gasteiger partial charge on any atom is 0.364 e. The average molecular weight is 390 g/mol. The van der Waals surface area contributed by atoms with Crippen LogP contribution in [0, 0.1) is 10.2 Å². The van der Waals surface area contributed by atoms with E-state index in [0.717, 1.165) is 24.4 Å². The molecule has 0 aliphatic carbocycles. The molecule has 1 aromatic heterocycles. The normalized spacial score (nSPS) is 15.3. The minimum atomic E-state index is -4.94. The van der Waals surface area contributed by atoms with E-state index in [4.69, 9.17) is 23.1 Å². The molecular weight excluding hydrogens is 370 g/mol. The Morgan fingerprint density at radius 2 is 1.44 bits per heavy atom. The first-order chi connectivity index (χ1) is 12.9. The number of benzene rings is 2. The molecule has 2 aromatic carbocycles. The predicted octanol–water partition coefficient (Wildman–Crippen LogP) is 0.0919. The summed E-state index contributed by atoms with van der Waals surface area (Å²) in [6.45, 7) is 2.18. The average Bonchev–Trinajstić information content (AvgIpc) is 2.67. The highest BCUT2D eigenvalue weighted by Crippen LogP contribution is 2.36. The van der Waals surface area contributed by atoms with Gasteiger partial charge < -0.3 is 5.32 Å². The Hall–Kier alpha value is -2.06. The minimum Gasteiger partial charge on any atom is -0.317 e. The lowest BCUT2D eigenvalue weighted by Gasteiger charge is -2.22. The van der Waals surface area contributed by atoms with Crippen molar-refractivity contribution in [1.82, 2.24) is 5.32 Å². The van der Waals surface area contributed by atoms with Crippen LogP contribution >= 0.6 is 0 Å². The van der Waals surface area contributed by atoms with Gasteiger partial charge in [0.25, 0.3) is 0 Å². The molecule has 2 heterocycles. The fourth-order valence-corrected chi connectivity index (χ4v) is 3.35. The van der Waals surface area contributed by atoms with Gasteiger partial charge in [0.05, 0.1) is 16.5 Å². The van der Waals surface area contributed by atoms with Crippen molar-refractivity contribution in [1.29, 1.82) is 0 Å². The van der Waals surface area contributed by atoms with E-state index < -0.39 is 10.2 Å². The number of hydrogen-bond donors (Lipinski definition) is 1. The predicted molar refractivity (Wildman–Crippen MR) is 90.9 cm³/mol. The van der Waals surface area contributed by atoms with Gasteiger partial charge in [0.2, 0.25) is 0 Å². The highest BCUT2D eigenvalue weighted by atomic mass is 35.7. The number of para-hydroxylation sites is 1. The van der Waals surface area contributed by atoms with Crippen LogP contribution in [0.2, 0.25) is 0 Å². The molecule has 0 saturated carbocycles. The van der Waals surface area contributed by atoms with Crippen LogP contribution in [-0.4, -0.2) is 13.1 Å². The van der Waals surface area contributed by atoms with Crippen LogP contribution < -0.4 is 24.0 Å². The van der Waals surface area contributed by atoms with Crippen LogP contribution in [0.1, 0.15) is 24.3 Å². The lowest BCUT2D eigenvalue weighted by atomic mass is 9.87. The van der Waals surface area contributed by atoms with E-state index in [1.165, 1.54) is 29.4 Å². The standard InChI is InChI=1S/C20H20NO.ClHO4/c1-2-6-16(7-3-1)20-18(15-10-12-21-13-11-15)14-17-8-4-5-9-19(17)22-20;2-1(3,4)5/h1-9,14-15,21H,10-13H2;(H,2,3,4,5)/q+1;/p-1. The lowest BCUT2D eigenvalue weighted by molar-refractivity contribution is -2.00. The summed E-state index contributed by atoms with van der Waals surface area (Å²) < 4.78 is 40.3. The summed E-state index contributed by atoms with van der Waals surface area (Å²) in [6.07, 6.45) is 2.35. The number of nitrogens with one attached hydrogen (secondary N) is 1. The van der Waals surface area contributed by atoms with E-state index >= 15 is 0 Å². The number of fused-ring (bicyclic) bond motifs is 1. The molecule has 0 unspecified atom stereocenters. The molecule has 0 bridgehead atoms. The monoisotopic (exact) mass is 389 g/mol. The van der Waals surface area contributed by atoms with Crippen molar-refractivity contribution in [3.8, 4) is 11.3 Å². The van der Waals surface area contributed by atoms with Crippen LogP contribution in [0.25, 0.3) is 22.3 Å². The third-order valence-electron chi connectivity index (χ3n) is 4.52. The van der Waals surface area contributed by atoms with Crippen LogP contribution in [-0.2, 0) is 0 Å². The molecular formula is C20H20ClNO5. The SMILES string of the molecule is [O-][Cl+3]([O-])([O-])[O-].c1ccc(-c2[o+]c3ccccc3cc2C2CCNCC2)cc1. The molecule has 0 atom stereocenters. The van der Waals surface area contributed by atoms with Gasteiger partial charge in [-0.2, -0.15) is 0 Å². The molecule has 1 aliphatic heterocycles.